The number of benzene rings is 2. The monoisotopic (exact) mass is 412 g/mol. The van der Waals surface area contributed by atoms with Gasteiger partial charge in [-0.15, -0.1) is 11.8 Å². The lowest BCUT2D eigenvalue weighted by Gasteiger charge is -2.38. The number of fused-ring (bicyclic) bond motifs is 1. The first-order valence-electron chi connectivity index (χ1n) is 11.0. The Morgan fingerprint density at radius 1 is 1.00 bits per heavy atom. The molecule has 0 radical (unpaired) electrons. The van der Waals surface area contributed by atoms with Crippen molar-refractivity contribution in [1.82, 2.24) is 0 Å². The first-order valence-corrected chi connectivity index (χ1v) is 12.0. The Kier molecular flexibility index (Phi) is 7.39. The molecular weight excluding hydrogens is 376 g/mol. The number of hydrogen-bond acceptors (Lipinski definition) is 4. The molecule has 3 nitrogen and oxygen atoms in total. The van der Waals surface area contributed by atoms with Gasteiger partial charge in [0.1, 0.15) is 5.75 Å². The fraction of sp³-hybridized carbons (Fsp3) is 0.520. The van der Waals surface area contributed by atoms with Gasteiger partial charge in [-0.3, -0.25) is 0 Å². The second kappa shape index (κ2) is 9.80. The molecule has 2 aromatic carbocycles. The van der Waals surface area contributed by atoms with E-state index in [0.717, 1.165) is 6.54 Å². The van der Waals surface area contributed by atoms with Crippen molar-refractivity contribution in [2.45, 2.75) is 57.3 Å². The van der Waals surface area contributed by atoms with Gasteiger partial charge in [0, 0.05) is 42.7 Å². The van der Waals surface area contributed by atoms with Gasteiger partial charge in [0.25, 0.3) is 0 Å². The third-order valence-electron chi connectivity index (χ3n) is 6.06. The second-order valence-electron chi connectivity index (χ2n) is 8.64. The molecule has 1 heterocycles. The summed E-state index contributed by atoms with van der Waals surface area (Å²) in [6.07, 6.45) is 7.62. The summed E-state index contributed by atoms with van der Waals surface area (Å²) in [6, 6.07) is 14.6. The molecule has 1 aliphatic heterocycles. The molecule has 29 heavy (non-hydrogen) atoms. The van der Waals surface area contributed by atoms with Crippen LogP contribution in [0.4, 0.5) is 17.1 Å². The standard InChI is InChI=1S/C25H36N2OS/c1-5-7-15-25(16-8-6-2)18-27(20-9-12-22(28)13-10-20)23-17-21(26(3)4)11-14-24(23)29-19-25/h9-14,17,28H,5-8,15-16,18-19H2,1-4H3. The molecule has 0 unspecified atom stereocenters. The van der Waals surface area contributed by atoms with Crippen LogP contribution in [0.5, 0.6) is 5.75 Å². The third-order valence-corrected chi connectivity index (χ3v) is 7.47. The van der Waals surface area contributed by atoms with Gasteiger partial charge in [0.2, 0.25) is 0 Å². The summed E-state index contributed by atoms with van der Waals surface area (Å²) in [5.41, 5.74) is 4.00. The van der Waals surface area contributed by atoms with Crippen molar-refractivity contribution in [3.05, 3.63) is 42.5 Å². The van der Waals surface area contributed by atoms with Crippen LogP contribution < -0.4 is 9.80 Å². The highest BCUT2D eigenvalue weighted by Crippen LogP contribution is 2.48. The van der Waals surface area contributed by atoms with Crippen LogP contribution in [0.25, 0.3) is 0 Å². The topological polar surface area (TPSA) is 26.7 Å². The molecule has 0 bridgehead atoms. The second-order valence-corrected chi connectivity index (χ2v) is 9.66. The number of hydrogen-bond donors (Lipinski definition) is 1. The molecule has 0 saturated heterocycles. The molecular formula is C25H36N2OS. The number of phenols is 1. The predicted octanol–water partition coefficient (Wildman–Crippen LogP) is 7.07. The molecule has 0 aromatic heterocycles. The molecule has 1 aliphatic rings. The number of nitrogens with zero attached hydrogens (tertiary/aromatic N) is 2. The van der Waals surface area contributed by atoms with Crippen molar-refractivity contribution in [3.8, 4) is 5.75 Å². The average Bonchev–Trinajstić information content (AvgIpc) is 2.89. The zero-order valence-electron chi connectivity index (χ0n) is 18.4. The van der Waals surface area contributed by atoms with Crippen molar-refractivity contribution in [2.75, 3.05) is 36.2 Å². The van der Waals surface area contributed by atoms with Gasteiger partial charge in [-0.2, -0.15) is 0 Å². The Bertz CT molecular complexity index is 780. The molecule has 0 saturated carbocycles. The van der Waals surface area contributed by atoms with E-state index >= 15 is 0 Å². The molecule has 0 aliphatic carbocycles. The summed E-state index contributed by atoms with van der Waals surface area (Å²) in [4.78, 5) is 6.04. The van der Waals surface area contributed by atoms with Gasteiger partial charge >= 0.3 is 0 Å². The average molecular weight is 413 g/mol. The Hall–Kier alpha value is -1.81. The lowest BCUT2D eigenvalue weighted by atomic mass is 9.79. The number of aromatic hydroxyl groups is 1. The van der Waals surface area contributed by atoms with Crippen LogP contribution in [-0.2, 0) is 0 Å². The fourth-order valence-electron chi connectivity index (χ4n) is 4.21. The highest BCUT2D eigenvalue weighted by molar-refractivity contribution is 7.99. The molecule has 158 valence electrons. The minimum absolute atomic E-state index is 0.311. The summed E-state index contributed by atoms with van der Waals surface area (Å²) >= 11 is 2.03. The van der Waals surface area contributed by atoms with Gasteiger partial charge in [-0.05, 0) is 60.7 Å². The summed E-state index contributed by atoms with van der Waals surface area (Å²) in [6.45, 7) is 5.63. The highest BCUT2D eigenvalue weighted by atomic mass is 32.2. The number of rotatable bonds is 8. The van der Waals surface area contributed by atoms with Crippen molar-refractivity contribution in [3.63, 3.8) is 0 Å². The molecule has 0 fully saturated rings. The van der Waals surface area contributed by atoms with Crippen molar-refractivity contribution >= 4 is 28.8 Å². The first kappa shape index (κ1) is 21.9. The van der Waals surface area contributed by atoms with Crippen LogP contribution in [0.15, 0.2) is 47.4 Å². The number of unbranched alkanes of at least 4 members (excludes halogenated alkanes) is 2. The molecule has 0 amide bonds. The fourth-order valence-corrected chi connectivity index (χ4v) is 5.53. The van der Waals surface area contributed by atoms with E-state index < -0.39 is 0 Å². The Labute approximate surface area is 181 Å². The van der Waals surface area contributed by atoms with Crippen molar-refractivity contribution < 1.29 is 5.11 Å². The van der Waals surface area contributed by atoms with E-state index in [-0.39, 0.29) is 0 Å². The molecule has 1 N–H and O–H groups in total. The minimum atomic E-state index is 0.311. The van der Waals surface area contributed by atoms with E-state index in [1.807, 2.05) is 23.9 Å². The van der Waals surface area contributed by atoms with Crippen LogP contribution >= 0.6 is 11.8 Å². The van der Waals surface area contributed by atoms with E-state index in [1.165, 1.54) is 66.2 Å². The molecule has 0 spiro atoms. The quantitative estimate of drug-likeness (QED) is 0.501. The Morgan fingerprint density at radius 3 is 2.24 bits per heavy atom. The number of anilines is 3. The van der Waals surface area contributed by atoms with E-state index in [4.69, 9.17) is 0 Å². The van der Waals surface area contributed by atoms with E-state index in [9.17, 15) is 5.11 Å². The Balaban J connectivity index is 2.07. The van der Waals surface area contributed by atoms with Gasteiger partial charge < -0.3 is 14.9 Å². The summed E-state index contributed by atoms with van der Waals surface area (Å²) in [5.74, 6) is 1.50. The molecule has 0 atom stereocenters. The van der Waals surface area contributed by atoms with E-state index in [1.54, 1.807) is 0 Å². The number of phenolic OH excluding ortho intramolecular Hbond substituents is 1. The van der Waals surface area contributed by atoms with Crippen LogP contribution in [0.3, 0.4) is 0 Å². The van der Waals surface area contributed by atoms with Gasteiger partial charge in [-0.1, -0.05) is 39.5 Å². The minimum Gasteiger partial charge on any atom is -0.508 e. The van der Waals surface area contributed by atoms with Crippen LogP contribution in [-0.4, -0.2) is 31.5 Å². The van der Waals surface area contributed by atoms with Crippen LogP contribution in [0, 0.1) is 5.41 Å². The van der Waals surface area contributed by atoms with Crippen LogP contribution in [0.2, 0.25) is 0 Å². The Morgan fingerprint density at radius 2 is 1.66 bits per heavy atom. The lowest BCUT2D eigenvalue weighted by Crippen LogP contribution is -2.36. The summed E-state index contributed by atoms with van der Waals surface area (Å²) in [5, 5.41) is 9.83. The smallest absolute Gasteiger partial charge is 0.115 e. The van der Waals surface area contributed by atoms with Gasteiger partial charge in [-0.25, -0.2) is 0 Å². The van der Waals surface area contributed by atoms with E-state index in [2.05, 4.69) is 68.1 Å². The first-order chi connectivity index (χ1) is 14.0. The molecule has 2 aromatic rings. The maximum Gasteiger partial charge on any atom is 0.115 e. The third kappa shape index (κ3) is 5.22. The van der Waals surface area contributed by atoms with Crippen molar-refractivity contribution in [2.24, 2.45) is 5.41 Å². The zero-order valence-corrected chi connectivity index (χ0v) is 19.3. The normalized spacial score (nSPS) is 15.7. The van der Waals surface area contributed by atoms with Crippen molar-refractivity contribution in [1.29, 1.82) is 0 Å². The van der Waals surface area contributed by atoms with Gasteiger partial charge in [0.15, 0.2) is 0 Å². The maximum absolute atomic E-state index is 9.83. The highest BCUT2D eigenvalue weighted by Gasteiger charge is 2.36. The predicted molar refractivity (Wildman–Crippen MR) is 128 cm³/mol. The SMILES string of the molecule is CCCCC1(CCCC)CSc2ccc(N(C)C)cc2N(c2ccc(O)cc2)C1. The largest absolute Gasteiger partial charge is 0.508 e. The summed E-state index contributed by atoms with van der Waals surface area (Å²) in [7, 11) is 4.20. The molecule has 4 heteroatoms. The zero-order chi connectivity index (χ0) is 20.9. The lowest BCUT2D eigenvalue weighted by molar-refractivity contribution is 0.274. The number of thioether (sulfide) groups is 1. The summed E-state index contributed by atoms with van der Waals surface area (Å²) < 4.78 is 0. The van der Waals surface area contributed by atoms with E-state index in [0.29, 0.717) is 11.2 Å². The van der Waals surface area contributed by atoms with Gasteiger partial charge in [0.05, 0.1) is 5.69 Å². The van der Waals surface area contributed by atoms with Crippen LogP contribution in [0.1, 0.15) is 52.4 Å². The molecule has 3 rings (SSSR count). The maximum atomic E-state index is 9.83.